The summed E-state index contributed by atoms with van der Waals surface area (Å²) in [5, 5.41) is 1.90. The average molecular weight is 470 g/mol. The van der Waals surface area contributed by atoms with Gasteiger partial charge in [0, 0.05) is 32.1 Å². The van der Waals surface area contributed by atoms with Gasteiger partial charge in [-0.2, -0.15) is 0 Å². The van der Waals surface area contributed by atoms with Crippen LogP contribution in [0.2, 0.25) is 0 Å². The number of fused-ring (bicyclic) bond motifs is 1. The number of para-hydroxylation sites is 2. The van der Waals surface area contributed by atoms with Crippen molar-refractivity contribution in [3.8, 4) is 5.75 Å². The highest BCUT2D eigenvalue weighted by molar-refractivity contribution is 7.12. The minimum absolute atomic E-state index is 0.00579. The first kappa shape index (κ1) is 21.9. The van der Waals surface area contributed by atoms with Crippen molar-refractivity contribution >= 4 is 34.7 Å². The molecule has 33 heavy (non-hydrogen) atoms. The SMILES string of the molecule is O=C(c1cccs1)N1CCC(C(=O)N2C[C@@H](C(=O)N3CCOCC3)Oc3ccccc32)CC1. The third-order valence-electron chi connectivity index (χ3n) is 6.50. The lowest BCUT2D eigenvalue weighted by atomic mass is 9.94. The number of nitrogens with zero attached hydrogens (tertiary/aromatic N) is 3. The molecule has 3 amide bonds. The minimum Gasteiger partial charge on any atom is -0.476 e. The van der Waals surface area contributed by atoms with Crippen molar-refractivity contribution in [2.24, 2.45) is 5.92 Å². The molecule has 9 heteroatoms. The molecule has 1 atom stereocenters. The second-order valence-electron chi connectivity index (χ2n) is 8.50. The van der Waals surface area contributed by atoms with E-state index in [1.54, 1.807) is 15.9 Å². The van der Waals surface area contributed by atoms with E-state index >= 15 is 0 Å². The molecule has 0 bridgehead atoms. The van der Waals surface area contributed by atoms with Gasteiger partial charge in [-0.25, -0.2) is 0 Å². The molecule has 4 heterocycles. The monoisotopic (exact) mass is 469 g/mol. The van der Waals surface area contributed by atoms with Crippen molar-refractivity contribution in [3.05, 3.63) is 46.7 Å². The summed E-state index contributed by atoms with van der Waals surface area (Å²) in [7, 11) is 0. The van der Waals surface area contributed by atoms with Crippen LogP contribution in [0, 0.1) is 5.92 Å². The molecular weight excluding hydrogens is 442 g/mol. The first-order valence-electron chi connectivity index (χ1n) is 11.4. The van der Waals surface area contributed by atoms with Crippen LogP contribution in [0.25, 0.3) is 0 Å². The number of rotatable bonds is 3. The summed E-state index contributed by atoms with van der Waals surface area (Å²) in [6, 6.07) is 11.1. The van der Waals surface area contributed by atoms with Crippen molar-refractivity contribution in [1.29, 1.82) is 0 Å². The number of amides is 3. The van der Waals surface area contributed by atoms with E-state index in [9.17, 15) is 14.4 Å². The molecule has 2 saturated heterocycles. The van der Waals surface area contributed by atoms with Crippen LogP contribution in [0.15, 0.2) is 41.8 Å². The Labute approximate surface area is 196 Å². The number of hydrogen-bond acceptors (Lipinski definition) is 6. The lowest BCUT2D eigenvalue weighted by molar-refractivity contribution is -0.143. The lowest BCUT2D eigenvalue weighted by Gasteiger charge is -2.39. The Kier molecular flexibility index (Phi) is 6.32. The first-order valence-corrected chi connectivity index (χ1v) is 12.3. The molecule has 2 aromatic rings. The summed E-state index contributed by atoms with van der Waals surface area (Å²) in [6.07, 6.45) is 0.484. The van der Waals surface area contributed by atoms with Crippen LogP contribution in [0.4, 0.5) is 5.69 Å². The van der Waals surface area contributed by atoms with Gasteiger partial charge in [0.2, 0.25) is 5.91 Å². The number of piperidine rings is 1. The van der Waals surface area contributed by atoms with Crippen LogP contribution in [-0.2, 0) is 14.3 Å². The predicted octanol–water partition coefficient (Wildman–Crippen LogP) is 2.25. The standard InChI is InChI=1S/C24H27N3O5S/c28-22(17-7-9-25(10-8-17)24(30)21-6-3-15-33-21)27-16-20(23(29)26-11-13-31-14-12-26)32-19-5-2-1-4-18(19)27/h1-6,15,17,20H,7-14,16H2/t20-/m0/s1. The maximum absolute atomic E-state index is 13.6. The van der Waals surface area contributed by atoms with Crippen molar-refractivity contribution in [3.63, 3.8) is 0 Å². The summed E-state index contributed by atoms with van der Waals surface area (Å²) in [4.78, 5) is 45.4. The molecule has 1 aromatic carbocycles. The van der Waals surface area contributed by atoms with Gasteiger partial charge in [-0.3, -0.25) is 14.4 Å². The minimum atomic E-state index is -0.734. The Bertz CT molecular complexity index is 1010. The Morgan fingerprint density at radius 3 is 2.36 bits per heavy atom. The Balaban J connectivity index is 1.28. The normalized spacial score (nSPS) is 21.3. The van der Waals surface area contributed by atoms with Crippen LogP contribution < -0.4 is 9.64 Å². The summed E-state index contributed by atoms with van der Waals surface area (Å²) in [5.74, 6) is 0.274. The van der Waals surface area contributed by atoms with Crippen LogP contribution in [0.5, 0.6) is 5.75 Å². The maximum Gasteiger partial charge on any atom is 0.265 e. The highest BCUT2D eigenvalue weighted by atomic mass is 32.1. The second-order valence-corrected chi connectivity index (χ2v) is 9.45. The van der Waals surface area contributed by atoms with E-state index in [1.807, 2.05) is 40.6 Å². The first-order chi connectivity index (χ1) is 16.1. The topological polar surface area (TPSA) is 79.4 Å². The smallest absolute Gasteiger partial charge is 0.265 e. The number of benzene rings is 1. The molecule has 0 N–H and O–H groups in total. The fourth-order valence-corrected chi connectivity index (χ4v) is 5.36. The van der Waals surface area contributed by atoms with Gasteiger partial charge in [-0.15, -0.1) is 11.3 Å². The molecule has 0 unspecified atom stereocenters. The zero-order chi connectivity index (χ0) is 22.8. The third kappa shape index (κ3) is 4.47. The Hall–Kier alpha value is -2.91. The molecule has 0 aliphatic carbocycles. The van der Waals surface area contributed by atoms with Crippen molar-refractivity contribution < 1.29 is 23.9 Å². The molecule has 8 nitrogen and oxygen atoms in total. The van der Waals surface area contributed by atoms with Crippen molar-refractivity contribution in [1.82, 2.24) is 9.80 Å². The lowest BCUT2D eigenvalue weighted by Crippen LogP contribution is -2.55. The van der Waals surface area contributed by atoms with Gasteiger partial charge in [-0.05, 0) is 36.4 Å². The van der Waals surface area contributed by atoms with Gasteiger partial charge in [-0.1, -0.05) is 18.2 Å². The summed E-state index contributed by atoms with van der Waals surface area (Å²) in [6.45, 7) is 3.39. The fourth-order valence-electron chi connectivity index (χ4n) is 4.67. The summed E-state index contributed by atoms with van der Waals surface area (Å²) >= 11 is 1.44. The summed E-state index contributed by atoms with van der Waals surface area (Å²) in [5.41, 5.74) is 0.700. The average Bonchev–Trinajstić information content (AvgIpc) is 3.42. The van der Waals surface area contributed by atoms with Gasteiger partial charge < -0.3 is 24.2 Å². The van der Waals surface area contributed by atoms with Gasteiger partial charge >= 0.3 is 0 Å². The Morgan fingerprint density at radius 1 is 0.879 bits per heavy atom. The van der Waals surface area contributed by atoms with E-state index in [0.717, 1.165) is 4.88 Å². The second kappa shape index (κ2) is 9.52. The van der Waals surface area contributed by atoms with E-state index < -0.39 is 6.10 Å². The molecule has 2 fully saturated rings. The predicted molar refractivity (Wildman–Crippen MR) is 124 cm³/mol. The van der Waals surface area contributed by atoms with Crippen LogP contribution in [0.1, 0.15) is 22.5 Å². The van der Waals surface area contributed by atoms with Crippen molar-refractivity contribution in [2.75, 3.05) is 50.8 Å². The largest absolute Gasteiger partial charge is 0.476 e. The number of anilines is 1. The maximum atomic E-state index is 13.6. The molecule has 174 valence electrons. The molecule has 0 spiro atoms. The highest BCUT2D eigenvalue weighted by Crippen LogP contribution is 2.36. The van der Waals surface area contributed by atoms with Gasteiger partial charge in [0.15, 0.2) is 6.10 Å². The highest BCUT2D eigenvalue weighted by Gasteiger charge is 2.39. The van der Waals surface area contributed by atoms with E-state index in [4.69, 9.17) is 9.47 Å². The number of carbonyl (C=O) groups is 3. The zero-order valence-corrected chi connectivity index (χ0v) is 19.2. The number of likely N-dealkylation sites (tertiary alicyclic amines) is 1. The van der Waals surface area contributed by atoms with Gasteiger partial charge in [0.05, 0.1) is 30.3 Å². The van der Waals surface area contributed by atoms with E-state index in [-0.39, 0.29) is 30.2 Å². The van der Waals surface area contributed by atoms with E-state index in [0.29, 0.717) is 63.7 Å². The van der Waals surface area contributed by atoms with Crippen LogP contribution >= 0.6 is 11.3 Å². The third-order valence-corrected chi connectivity index (χ3v) is 7.36. The zero-order valence-electron chi connectivity index (χ0n) is 18.4. The number of ether oxygens (including phenoxy) is 2. The molecule has 3 aliphatic heterocycles. The van der Waals surface area contributed by atoms with Crippen molar-refractivity contribution in [2.45, 2.75) is 18.9 Å². The molecule has 0 saturated carbocycles. The number of carbonyl (C=O) groups excluding carboxylic acids is 3. The number of hydrogen-bond donors (Lipinski definition) is 0. The van der Waals surface area contributed by atoms with Crippen LogP contribution in [-0.4, -0.2) is 79.6 Å². The van der Waals surface area contributed by atoms with Gasteiger partial charge in [0.25, 0.3) is 11.8 Å². The van der Waals surface area contributed by atoms with Gasteiger partial charge in [0.1, 0.15) is 5.75 Å². The summed E-state index contributed by atoms with van der Waals surface area (Å²) < 4.78 is 11.4. The molecule has 1 aromatic heterocycles. The molecule has 5 rings (SSSR count). The number of morpholine rings is 1. The van der Waals surface area contributed by atoms with Crippen LogP contribution in [0.3, 0.4) is 0 Å². The Morgan fingerprint density at radius 2 is 1.64 bits per heavy atom. The molecule has 3 aliphatic rings. The quantitative estimate of drug-likeness (QED) is 0.689. The fraction of sp³-hybridized carbons (Fsp3) is 0.458. The molecule has 0 radical (unpaired) electrons. The molecular formula is C24H27N3O5S. The van der Waals surface area contributed by atoms with E-state index in [1.165, 1.54) is 11.3 Å². The number of thiophene rings is 1. The van der Waals surface area contributed by atoms with E-state index in [2.05, 4.69) is 0 Å².